The van der Waals surface area contributed by atoms with E-state index in [4.69, 9.17) is 9.47 Å². The highest BCUT2D eigenvalue weighted by Crippen LogP contribution is 2.31. The summed E-state index contributed by atoms with van der Waals surface area (Å²) < 4.78 is 10.6. The molecule has 0 aromatic rings. The summed E-state index contributed by atoms with van der Waals surface area (Å²) in [6, 6.07) is -0.399. The molecular weight excluding hydrogens is 238 g/mol. The van der Waals surface area contributed by atoms with Crippen molar-refractivity contribution in [2.45, 2.75) is 46.1 Å². The van der Waals surface area contributed by atoms with Crippen LogP contribution in [-0.2, 0) is 19.1 Å². The van der Waals surface area contributed by atoms with Gasteiger partial charge in [0.15, 0.2) is 0 Å². The lowest BCUT2D eigenvalue weighted by molar-refractivity contribution is -0.236. The van der Waals surface area contributed by atoms with Gasteiger partial charge in [0, 0.05) is 13.8 Å². The highest BCUT2D eigenvalue weighted by Gasteiger charge is 2.43. The fraction of sp³-hybridized carbons (Fsp3) is 0.833. The van der Waals surface area contributed by atoms with Gasteiger partial charge in [-0.15, -0.1) is 0 Å². The van der Waals surface area contributed by atoms with E-state index >= 15 is 0 Å². The Morgan fingerprint density at radius 2 is 1.89 bits per heavy atom. The largest absolute Gasteiger partial charge is 0.434 e. The molecule has 0 bridgehead atoms. The number of nitrogens with one attached hydrogen (secondary N) is 1. The molecular formula is C12H21NO5. The summed E-state index contributed by atoms with van der Waals surface area (Å²) in [6.07, 6.45) is -1.25. The number of esters is 1. The minimum absolute atomic E-state index is 0.0316. The molecule has 0 radical (unpaired) electrons. The van der Waals surface area contributed by atoms with E-state index in [0.29, 0.717) is 0 Å². The first-order valence-electron chi connectivity index (χ1n) is 6.07. The maximum absolute atomic E-state index is 11.2. The van der Waals surface area contributed by atoms with Gasteiger partial charge in [-0.3, -0.25) is 9.59 Å². The van der Waals surface area contributed by atoms with Crippen LogP contribution >= 0.6 is 0 Å². The zero-order valence-electron chi connectivity index (χ0n) is 11.2. The van der Waals surface area contributed by atoms with Gasteiger partial charge in [0.2, 0.25) is 12.2 Å². The standard InChI is InChI=1S/C12H21NO5/c1-6-7(2)11(13-8(3)15)12(17-9(4)16)18-10(6)5-14/h6-7,10-12,14H,5H2,1-4H3,(H,13,15)/t6-,7+,10?,11?,12?/m1/s1. The normalized spacial score (nSPS) is 35.9. The molecule has 6 nitrogen and oxygen atoms in total. The van der Waals surface area contributed by atoms with E-state index in [1.807, 2.05) is 13.8 Å². The zero-order chi connectivity index (χ0) is 13.9. The Kier molecular flexibility index (Phi) is 5.10. The van der Waals surface area contributed by atoms with Gasteiger partial charge in [-0.25, -0.2) is 0 Å². The Labute approximate surface area is 107 Å². The molecule has 0 spiro atoms. The molecule has 2 N–H and O–H groups in total. The van der Waals surface area contributed by atoms with Gasteiger partial charge in [0.1, 0.15) is 0 Å². The Hall–Kier alpha value is -1.14. The Morgan fingerprint density at radius 3 is 2.33 bits per heavy atom. The van der Waals surface area contributed by atoms with Gasteiger partial charge in [0.05, 0.1) is 18.8 Å². The molecule has 0 aliphatic carbocycles. The molecule has 0 saturated carbocycles. The average Bonchev–Trinajstić information content (AvgIpc) is 2.27. The Balaban J connectivity index is 2.86. The van der Waals surface area contributed by atoms with Gasteiger partial charge in [-0.2, -0.15) is 0 Å². The Morgan fingerprint density at radius 1 is 1.28 bits per heavy atom. The third-order valence-corrected chi connectivity index (χ3v) is 3.42. The third-order valence-electron chi connectivity index (χ3n) is 3.42. The minimum Gasteiger partial charge on any atom is -0.434 e. The molecule has 1 rings (SSSR count). The van der Waals surface area contributed by atoms with E-state index in [9.17, 15) is 14.7 Å². The zero-order valence-corrected chi connectivity index (χ0v) is 11.2. The van der Waals surface area contributed by atoms with Gasteiger partial charge < -0.3 is 19.9 Å². The fourth-order valence-corrected chi connectivity index (χ4v) is 2.20. The van der Waals surface area contributed by atoms with Crippen LogP contribution in [0, 0.1) is 11.8 Å². The van der Waals surface area contributed by atoms with Crippen LogP contribution in [-0.4, -0.2) is 42.0 Å². The predicted molar refractivity (Wildman–Crippen MR) is 63.4 cm³/mol. The molecule has 1 amide bonds. The van der Waals surface area contributed by atoms with Crippen molar-refractivity contribution in [1.82, 2.24) is 5.32 Å². The van der Waals surface area contributed by atoms with Crippen LogP contribution in [0.4, 0.5) is 0 Å². The van der Waals surface area contributed by atoms with Crippen molar-refractivity contribution < 1.29 is 24.2 Å². The second-order valence-electron chi connectivity index (χ2n) is 4.78. The second-order valence-corrected chi connectivity index (χ2v) is 4.78. The first-order chi connectivity index (χ1) is 8.36. The van der Waals surface area contributed by atoms with E-state index in [1.54, 1.807) is 0 Å². The van der Waals surface area contributed by atoms with Crippen LogP contribution in [0.2, 0.25) is 0 Å². The molecule has 0 aromatic heterocycles. The van der Waals surface area contributed by atoms with Crippen LogP contribution in [0.25, 0.3) is 0 Å². The van der Waals surface area contributed by atoms with Crippen LogP contribution in [0.3, 0.4) is 0 Å². The van der Waals surface area contributed by atoms with Crippen molar-refractivity contribution in [2.24, 2.45) is 11.8 Å². The summed E-state index contributed by atoms with van der Waals surface area (Å²) in [4.78, 5) is 22.2. The van der Waals surface area contributed by atoms with Gasteiger partial charge >= 0.3 is 5.97 Å². The van der Waals surface area contributed by atoms with Crippen molar-refractivity contribution in [2.75, 3.05) is 6.61 Å². The lowest BCUT2D eigenvalue weighted by Crippen LogP contribution is -2.58. The first-order valence-corrected chi connectivity index (χ1v) is 6.07. The van der Waals surface area contributed by atoms with Gasteiger partial charge in [0.25, 0.3) is 0 Å². The van der Waals surface area contributed by atoms with Crippen LogP contribution in [0.15, 0.2) is 0 Å². The maximum atomic E-state index is 11.2. The minimum atomic E-state index is -0.852. The van der Waals surface area contributed by atoms with Crippen LogP contribution in [0.5, 0.6) is 0 Å². The molecule has 6 heteroatoms. The number of hydrogen-bond donors (Lipinski definition) is 2. The number of carbonyl (C=O) groups excluding carboxylic acids is 2. The number of aliphatic hydroxyl groups excluding tert-OH is 1. The number of carbonyl (C=O) groups is 2. The molecule has 3 unspecified atom stereocenters. The van der Waals surface area contributed by atoms with Crippen molar-refractivity contribution >= 4 is 11.9 Å². The summed E-state index contributed by atoms with van der Waals surface area (Å²) in [5.41, 5.74) is 0. The molecule has 1 aliphatic rings. The van der Waals surface area contributed by atoms with Crippen molar-refractivity contribution in [3.8, 4) is 0 Å². The molecule has 5 atom stereocenters. The van der Waals surface area contributed by atoms with Gasteiger partial charge in [-0.05, 0) is 11.8 Å². The SMILES string of the molecule is CC(=O)NC1C(OC(C)=O)OC(CO)[C@H](C)[C@@H]1C. The highest BCUT2D eigenvalue weighted by atomic mass is 16.7. The molecule has 1 saturated heterocycles. The van der Waals surface area contributed by atoms with Crippen molar-refractivity contribution in [1.29, 1.82) is 0 Å². The lowest BCUT2D eigenvalue weighted by atomic mass is 9.82. The summed E-state index contributed by atoms with van der Waals surface area (Å²) in [5.74, 6) is -0.598. The van der Waals surface area contributed by atoms with Crippen molar-refractivity contribution in [3.05, 3.63) is 0 Å². The number of ether oxygens (including phenoxy) is 2. The summed E-state index contributed by atoms with van der Waals surface area (Å²) >= 11 is 0. The molecule has 104 valence electrons. The monoisotopic (exact) mass is 259 g/mol. The second kappa shape index (κ2) is 6.15. The molecule has 18 heavy (non-hydrogen) atoms. The lowest BCUT2D eigenvalue weighted by Gasteiger charge is -2.43. The number of aliphatic hydroxyl groups is 1. The van der Waals surface area contributed by atoms with Crippen LogP contribution in [0.1, 0.15) is 27.7 Å². The first kappa shape index (κ1) is 14.9. The topological polar surface area (TPSA) is 84.9 Å². The van der Waals surface area contributed by atoms with E-state index in [0.717, 1.165) is 0 Å². The van der Waals surface area contributed by atoms with E-state index in [2.05, 4.69) is 5.32 Å². The molecule has 1 fully saturated rings. The van der Waals surface area contributed by atoms with Crippen LogP contribution < -0.4 is 5.32 Å². The number of hydrogen-bond acceptors (Lipinski definition) is 5. The maximum Gasteiger partial charge on any atom is 0.305 e. The molecule has 1 aliphatic heterocycles. The van der Waals surface area contributed by atoms with Crippen molar-refractivity contribution in [3.63, 3.8) is 0 Å². The predicted octanol–water partition coefficient (Wildman–Crippen LogP) is 0.0436. The smallest absolute Gasteiger partial charge is 0.305 e. The average molecular weight is 259 g/mol. The Bertz CT molecular complexity index is 320. The van der Waals surface area contributed by atoms with E-state index in [1.165, 1.54) is 13.8 Å². The number of amides is 1. The fourth-order valence-electron chi connectivity index (χ4n) is 2.20. The third kappa shape index (κ3) is 3.43. The molecule has 0 aromatic carbocycles. The summed E-state index contributed by atoms with van der Waals surface area (Å²) in [5, 5.41) is 12.0. The number of rotatable bonds is 3. The van der Waals surface area contributed by atoms with E-state index in [-0.39, 0.29) is 24.3 Å². The van der Waals surface area contributed by atoms with E-state index < -0.39 is 24.4 Å². The summed E-state index contributed by atoms with van der Waals surface area (Å²) in [6.45, 7) is 6.42. The quantitative estimate of drug-likeness (QED) is 0.699. The van der Waals surface area contributed by atoms with Gasteiger partial charge in [-0.1, -0.05) is 13.8 Å². The highest BCUT2D eigenvalue weighted by molar-refractivity contribution is 5.73. The summed E-state index contributed by atoms with van der Waals surface area (Å²) in [7, 11) is 0. The molecule has 1 heterocycles.